The van der Waals surface area contributed by atoms with Crippen LogP contribution >= 0.6 is 0 Å². The van der Waals surface area contributed by atoms with E-state index in [1.54, 1.807) is 0 Å². The highest BCUT2D eigenvalue weighted by Crippen LogP contribution is 2.41. The van der Waals surface area contributed by atoms with E-state index in [9.17, 15) is 20.5 Å². The summed E-state index contributed by atoms with van der Waals surface area (Å²) in [6.45, 7) is 0.893. The van der Waals surface area contributed by atoms with Gasteiger partial charge in [-0.2, -0.15) is 0 Å². The van der Waals surface area contributed by atoms with Gasteiger partial charge in [-0.1, -0.05) is 0 Å². The molecule has 1 saturated heterocycles. The Labute approximate surface area is 141 Å². The summed E-state index contributed by atoms with van der Waals surface area (Å²) < 4.78 is 11.9. The van der Waals surface area contributed by atoms with Crippen molar-refractivity contribution < 1.29 is 30.0 Å². The molecule has 136 valence electrons. The first-order valence-electron chi connectivity index (χ1n) is 7.42. The number of fused-ring (bicyclic) bond motifs is 1. The summed E-state index contributed by atoms with van der Waals surface area (Å²) >= 11 is 0. The fourth-order valence-electron chi connectivity index (χ4n) is 3.02. The van der Waals surface area contributed by atoms with Crippen LogP contribution in [0.4, 0.5) is 5.82 Å². The fourth-order valence-corrected chi connectivity index (χ4v) is 3.02. The Morgan fingerprint density at radius 3 is 2.80 bits per heavy atom. The number of aliphatic hydroxyl groups is 3. The molecule has 2 aromatic rings. The maximum absolute atomic E-state index is 10.7. The van der Waals surface area contributed by atoms with Crippen LogP contribution in [-0.4, -0.2) is 72.5 Å². The number of nitrogens with zero attached hydrogens (tertiary/aromatic N) is 3. The van der Waals surface area contributed by atoms with Crippen molar-refractivity contribution in [1.82, 2.24) is 14.5 Å². The van der Waals surface area contributed by atoms with E-state index in [2.05, 4.69) is 9.97 Å². The van der Waals surface area contributed by atoms with E-state index in [1.807, 2.05) is 5.48 Å². The van der Waals surface area contributed by atoms with E-state index in [0.717, 1.165) is 0 Å². The lowest BCUT2D eigenvalue weighted by atomic mass is 9.96. The van der Waals surface area contributed by atoms with Crippen molar-refractivity contribution >= 4 is 22.7 Å². The number of methoxy groups -OCH3 is 1. The summed E-state index contributed by atoms with van der Waals surface area (Å²) in [5.41, 5.74) is 0.683. The van der Waals surface area contributed by atoms with Gasteiger partial charge in [0.15, 0.2) is 12.0 Å². The van der Waals surface area contributed by atoms with Gasteiger partial charge in [-0.05, 0) is 6.92 Å². The van der Waals surface area contributed by atoms with E-state index < -0.39 is 30.6 Å². The summed E-state index contributed by atoms with van der Waals surface area (Å²) in [4.78, 5) is 8.02. The molecule has 0 unspecified atom stereocenters. The maximum atomic E-state index is 10.7. The van der Waals surface area contributed by atoms with Gasteiger partial charge in [0.05, 0.1) is 24.7 Å². The second-order valence-electron chi connectivity index (χ2n) is 5.90. The number of aliphatic hydroxyl groups excluding tert-OH is 2. The molecule has 0 saturated carbocycles. The van der Waals surface area contributed by atoms with Gasteiger partial charge in [-0.25, -0.2) is 9.97 Å². The smallest absolute Gasteiger partial charge is 0.215 e. The molecule has 0 bridgehead atoms. The normalized spacial score (nSPS) is 29.1. The van der Waals surface area contributed by atoms with E-state index in [1.165, 1.54) is 31.1 Å². The lowest BCUT2D eigenvalue weighted by Gasteiger charge is -2.27. The monoisotopic (exact) mass is 353 g/mol. The largest absolute Gasteiger partial charge is 0.481 e. The average molecular weight is 353 g/mol. The van der Waals surface area contributed by atoms with Gasteiger partial charge >= 0.3 is 0 Å². The Bertz CT molecular complexity index is 806. The van der Waals surface area contributed by atoms with Crippen molar-refractivity contribution in [2.75, 3.05) is 19.2 Å². The topological polar surface area (TPSA) is 166 Å². The zero-order chi connectivity index (χ0) is 18.4. The Hall–Kier alpha value is -2.31. The van der Waals surface area contributed by atoms with Crippen LogP contribution in [0.2, 0.25) is 0 Å². The SMILES string of the molecule is COC(=N)c1cn([C@@H]2O[C@H](CO)[C@@H](O)[C@@]2(C)O)c2ncnc(NO)c12. The molecule has 1 aliphatic heterocycles. The summed E-state index contributed by atoms with van der Waals surface area (Å²) in [5.74, 6) is -0.176. The van der Waals surface area contributed by atoms with Crippen LogP contribution in [0.15, 0.2) is 12.5 Å². The first-order valence-corrected chi connectivity index (χ1v) is 7.42. The number of rotatable bonds is 4. The van der Waals surface area contributed by atoms with Crippen LogP contribution in [0.5, 0.6) is 0 Å². The molecule has 3 heterocycles. The highest BCUT2D eigenvalue weighted by atomic mass is 16.6. The van der Waals surface area contributed by atoms with E-state index >= 15 is 0 Å². The van der Waals surface area contributed by atoms with E-state index in [4.69, 9.17) is 14.9 Å². The standard InChI is InChI=1S/C14H19N5O6/c1-14(22)9(21)7(4-20)25-13(14)19-3-6(10(15)24-2)8-11(18-23)16-5-17-12(8)19/h3,5,7,9,13,15,20-23H,4H2,1-2H3,(H,16,17,18)/t7-,9-,13-,14-/m1/s1. The lowest BCUT2D eigenvalue weighted by Crippen LogP contribution is -2.44. The molecule has 11 nitrogen and oxygen atoms in total. The number of hydrogen-bond donors (Lipinski definition) is 6. The summed E-state index contributed by atoms with van der Waals surface area (Å²) in [6.07, 6.45) is -0.789. The molecule has 1 aliphatic rings. The minimum Gasteiger partial charge on any atom is -0.481 e. The van der Waals surface area contributed by atoms with Crippen LogP contribution in [0.1, 0.15) is 18.7 Å². The lowest BCUT2D eigenvalue weighted by molar-refractivity contribution is -0.0948. The van der Waals surface area contributed by atoms with Crippen molar-refractivity contribution in [3.63, 3.8) is 0 Å². The fraction of sp³-hybridized carbons (Fsp3) is 0.500. The molecule has 0 spiro atoms. The second-order valence-corrected chi connectivity index (χ2v) is 5.90. The maximum Gasteiger partial charge on any atom is 0.215 e. The number of ether oxygens (including phenoxy) is 2. The van der Waals surface area contributed by atoms with Gasteiger partial charge in [0.25, 0.3) is 0 Å². The minimum atomic E-state index is -1.73. The molecule has 11 heteroatoms. The molecule has 0 aromatic carbocycles. The highest BCUT2D eigenvalue weighted by molar-refractivity contribution is 6.08. The highest BCUT2D eigenvalue weighted by Gasteiger charge is 2.53. The quantitative estimate of drug-likeness (QED) is 0.234. The van der Waals surface area contributed by atoms with Gasteiger partial charge in [0, 0.05) is 6.20 Å². The van der Waals surface area contributed by atoms with Crippen LogP contribution in [-0.2, 0) is 9.47 Å². The zero-order valence-corrected chi connectivity index (χ0v) is 13.5. The van der Waals surface area contributed by atoms with Gasteiger partial charge in [-0.3, -0.25) is 16.1 Å². The number of anilines is 1. The molecule has 1 fully saturated rings. The van der Waals surface area contributed by atoms with Gasteiger partial charge in [0.1, 0.15) is 29.8 Å². The van der Waals surface area contributed by atoms with Gasteiger partial charge < -0.3 is 29.4 Å². The molecular formula is C14H19N5O6. The molecule has 0 amide bonds. The summed E-state index contributed by atoms with van der Waals surface area (Å²) in [6, 6.07) is 0. The zero-order valence-electron chi connectivity index (χ0n) is 13.5. The van der Waals surface area contributed by atoms with Crippen LogP contribution in [0.25, 0.3) is 11.0 Å². The number of hydrogen-bond acceptors (Lipinski definition) is 10. The minimum absolute atomic E-state index is 0.0393. The van der Waals surface area contributed by atoms with Crippen molar-refractivity contribution in [2.45, 2.75) is 31.0 Å². The van der Waals surface area contributed by atoms with E-state index in [0.29, 0.717) is 0 Å². The van der Waals surface area contributed by atoms with E-state index in [-0.39, 0.29) is 28.3 Å². The van der Waals surface area contributed by atoms with Crippen molar-refractivity contribution in [3.05, 3.63) is 18.1 Å². The Morgan fingerprint density at radius 2 is 2.24 bits per heavy atom. The third-order valence-electron chi connectivity index (χ3n) is 4.35. The molecule has 3 rings (SSSR count). The molecule has 0 aliphatic carbocycles. The van der Waals surface area contributed by atoms with Gasteiger partial charge in [-0.15, -0.1) is 0 Å². The van der Waals surface area contributed by atoms with Crippen LogP contribution < -0.4 is 5.48 Å². The third kappa shape index (κ3) is 2.53. The Kier molecular flexibility index (Phi) is 4.34. The summed E-state index contributed by atoms with van der Waals surface area (Å²) in [5, 5.41) is 47.7. The van der Waals surface area contributed by atoms with Crippen LogP contribution in [0, 0.1) is 5.41 Å². The first kappa shape index (κ1) is 17.5. The molecule has 0 radical (unpaired) electrons. The van der Waals surface area contributed by atoms with Crippen molar-refractivity contribution in [3.8, 4) is 0 Å². The molecule has 2 aromatic heterocycles. The third-order valence-corrected chi connectivity index (χ3v) is 4.35. The first-order chi connectivity index (χ1) is 11.9. The molecule has 25 heavy (non-hydrogen) atoms. The predicted molar refractivity (Wildman–Crippen MR) is 84.4 cm³/mol. The number of aromatic nitrogens is 3. The number of nitrogens with one attached hydrogen (secondary N) is 2. The summed E-state index contributed by atoms with van der Waals surface area (Å²) in [7, 11) is 1.31. The van der Waals surface area contributed by atoms with Crippen molar-refractivity contribution in [2.24, 2.45) is 0 Å². The molecule has 6 N–H and O–H groups in total. The average Bonchev–Trinajstić information content (AvgIpc) is 3.10. The van der Waals surface area contributed by atoms with Crippen LogP contribution in [0.3, 0.4) is 0 Å². The molecule has 4 atom stereocenters. The second kappa shape index (κ2) is 6.20. The Balaban J connectivity index is 2.22. The van der Waals surface area contributed by atoms with Crippen molar-refractivity contribution in [1.29, 1.82) is 5.41 Å². The molecular weight excluding hydrogens is 334 g/mol. The van der Waals surface area contributed by atoms with Gasteiger partial charge in [0.2, 0.25) is 5.90 Å². The Morgan fingerprint density at radius 1 is 1.52 bits per heavy atom. The predicted octanol–water partition coefficient (Wildman–Crippen LogP) is -0.794.